The third-order valence-electron chi connectivity index (χ3n) is 3.16. The normalized spacial score (nSPS) is 11.2. The maximum Gasteiger partial charge on any atom is 0.191 e. The molecule has 0 aliphatic rings. The van der Waals surface area contributed by atoms with Crippen molar-refractivity contribution in [2.24, 2.45) is 4.99 Å². The lowest BCUT2D eigenvalue weighted by atomic mass is 10.3. The van der Waals surface area contributed by atoms with E-state index < -0.39 is 0 Å². The van der Waals surface area contributed by atoms with E-state index in [4.69, 9.17) is 21.1 Å². The molecule has 0 saturated heterocycles. The van der Waals surface area contributed by atoms with E-state index in [0.717, 1.165) is 49.3 Å². The van der Waals surface area contributed by atoms with E-state index in [-0.39, 0.29) is 24.0 Å². The maximum absolute atomic E-state index is 5.94. The van der Waals surface area contributed by atoms with Gasteiger partial charge in [-0.2, -0.15) is 0 Å². The van der Waals surface area contributed by atoms with E-state index in [1.807, 2.05) is 6.07 Å². The Morgan fingerprint density at radius 3 is 2.52 bits per heavy atom. The highest BCUT2D eigenvalue weighted by atomic mass is 127. The summed E-state index contributed by atoms with van der Waals surface area (Å²) in [6.45, 7) is 9.22. The van der Waals surface area contributed by atoms with Crippen LogP contribution in [-0.4, -0.2) is 52.0 Å². The van der Waals surface area contributed by atoms with Crippen LogP contribution < -0.4 is 10.6 Å². The van der Waals surface area contributed by atoms with E-state index >= 15 is 0 Å². The molecule has 0 saturated carbocycles. The lowest BCUT2D eigenvalue weighted by molar-refractivity contribution is 0.0497. The Morgan fingerprint density at radius 2 is 1.88 bits per heavy atom. The Kier molecular flexibility index (Phi) is 17.3. The highest BCUT2D eigenvalue weighted by Gasteiger charge is 2.00. The number of hydrogen-bond acceptors (Lipinski definition) is 4. The lowest BCUT2D eigenvalue weighted by Crippen LogP contribution is -2.38. The fraction of sp³-hybridized carbons (Fsp3) is 0.706. The molecule has 0 unspecified atom stereocenters. The van der Waals surface area contributed by atoms with Crippen LogP contribution in [0.15, 0.2) is 17.1 Å². The number of ether oxygens (including phenoxy) is 2. The number of nitrogens with one attached hydrogen (secondary N) is 2. The Hall–Kier alpha value is -0.0900. The van der Waals surface area contributed by atoms with E-state index in [1.165, 1.54) is 4.88 Å². The second-order valence-electron chi connectivity index (χ2n) is 5.22. The molecule has 0 amide bonds. The van der Waals surface area contributed by atoms with Crippen molar-refractivity contribution in [1.29, 1.82) is 0 Å². The number of rotatable bonds is 13. The summed E-state index contributed by atoms with van der Waals surface area (Å²) in [5, 5.41) is 6.56. The van der Waals surface area contributed by atoms with Gasteiger partial charge in [0.15, 0.2) is 5.96 Å². The molecule has 1 rings (SSSR count). The van der Waals surface area contributed by atoms with Gasteiger partial charge in [-0.05, 0) is 31.9 Å². The highest BCUT2D eigenvalue weighted by Crippen LogP contribution is 2.21. The number of halogens is 2. The van der Waals surface area contributed by atoms with Crippen LogP contribution in [0.25, 0.3) is 0 Å². The molecule has 0 aliphatic heterocycles. The number of unbranched alkanes of at least 4 members (excludes halogenated alkanes) is 1. The summed E-state index contributed by atoms with van der Waals surface area (Å²) in [4.78, 5) is 5.78. The fourth-order valence-electron chi connectivity index (χ4n) is 1.92. The summed E-state index contributed by atoms with van der Waals surface area (Å²) < 4.78 is 11.8. The van der Waals surface area contributed by atoms with Gasteiger partial charge in [0.25, 0.3) is 0 Å². The molecule has 0 fully saturated rings. The smallest absolute Gasteiger partial charge is 0.191 e. The summed E-state index contributed by atoms with van der Waals surface area (Å²) in [6, 6.07) is 4.00. The average Bonchev–Trinajstić information content (AvgIpc) is 2.98. The number of thiophene rings is 1. The third kappa shape index (κ3) is 13.7. The minimum absolute atomic E-state index is 0. The van der Waals surface area contributed by atoms with E-state index in [9.17, 15) is 0 Å². The second-order valence-corrected chi connectivity index (χ2v) is 7.02. The largest absolute Gasteiger partial charge is 0.379 e. The summed E-state index contributed by atoms with van der Waals surface area (Å²) in [5.74, 6) is 0.822. The molecule has 0 spiro atoms. The van der Waals surface area contributed by atoms with Crippen LogP contribution in [0, 0.1) is 0 Å². The molecule has 0 atom stereocenters. The van der Waals surface area contributed by atoms with Gasteiger partial charge in [-0.3, -0.25) is 4.99 Å². The number of hydrogen-bond donors (Lipinski definition) is 2. The first-order valence-electron chi connectivity index (χ1n) is 8.68. The van der Waals surface area contributed by atoms with Crippen molar-refractivity contribution in [2.75, 3.05) is 46.1 Å². The molecular weight excluding hydrogens is 473 g/mol. The molecule has 1 heterocycles. The van der Waals surface area contributed by atoms with Crippen LogP contribution in [0.5, 0.6) is 0 Å². The predicted octanol–water partition coefficient (Wildman–Crippen LogP) is 3.95. The van der Waals surface area contributed by atoms with Crippen LogP contribution in [0.1, 0.15) is 31.6 Å². The first kappa shape index (κ1) is 24.9. The molecule has 1 aromatic heterocycles. The zero-order valence-electron chi connectivity index (χ0n) is 15.2. The summed E-state index contributed by atoms with van der Waals surface area (Å²) >= 11 is 7.56. The summed E-state index contributed by atoms with van der Waals surface area (Å²) in [5.41, 5.74) is 0. The molecule has 2 N–H and O–H groups in total. The Morgan fingerprint density at radius 1 is 1.12 bits per heavy atom. The Labute approximate surface area is 177 Å². The SMILES string of the molecule is CCCCOCCOCCN=C(NCC)NCCc1ccc(Cl)s1.I. The van der Waals surface area contributed by atoms with Gasteiger partial charge in [-0.15, -0.1) is 35.3 Å². The Balaban J connectivity index is 0.00000576. The molecule has 25 heavy (non-hydrogen) atoms. The average molecular weight is 504 g/mol. The van der Waals surface area contributed by atoms with Crippen molar-refractivity contribution >= 4 is 52.9 Å². The molecule has 0 aromatic carbocycles. The minimum Gasteiger partial charge on any atom is -0.379 e. The second kappa shape index (κ2) is 17.3. The van der Waals surface area contributed by atoms with Crippen LogP contribution in [0.2, 0.25) is 4.34 Å². The first-order valence-corrected chi connectivity index (χ1v) is 9.87. The van der Waals surface area contributed by atoms with Gasteiger partial charge in [0.05, 0.1) is 30.7 Å². The van der Waals surface area contributed by atoms with Crippen LogP contribution >= 0.6 is 46.9 Å². The molecular formula is C17H31ClIN3O2S. The topological polar surface area (TPSA) is 54.9 Å². The van der Waals surface area contributed by atoms with Crippen molar-refractivity contribution in [2.45, 2.75) is 33.1 Å². The van der Waals surface area contributed by atoms with Crippen molar-refractivity contribution in [1.82, 2.24) is 10.6 Å². The molecule has 5 nitrogen and oxygen atoms in total. The molecule has 0 aliphatic carbocycles. The first-order chi connectivity index (χ1) is 11.8. The molecule has 8 heteroatoms. The molecule has 0 bridgehead atoms. The number of guanidine groups is 1. The van der Waals surface area contributed by atoms with Gasteiger partial charge in [0.1, 0.15) is 0 Å². The zero-order valence-corrected chi connectivity index (χ0v) is 19.1. The van der Waals surface area contributed by atoms with E-state index in [1.54, 1.807) is 11.3 Å². The molecule has 146 valence electrons. The van der Waals surface area contributed by atoms with Gasteiger partial charge in [0, 0.05) is 24.6 Å². The fourth-order valence-corrected chi connectivity index (χ4v) is 3.01. The minimum atomic E-state index is 0. The van der Waals surface area contributed by atoms with Crippen LogP contribution in [0.4, 0.5) is 0 Å². The monoisotopic (exact) mass is 503 g/mol. The van der Waals surface area contributed by atoms with Crippen LogP contribution in [-0.2, 0) is 15.9 Å². The Bertz CT molecular complexity index is 461. The number of nitrogens with zero attached hydrogens (tertiary/aromatic N) is 1. The van der Waals surface area contributed by atoms with Gasteiger partial charge in [0.2, 0.25) is 0 Å². The zero-order chi connectivity index (χ0) is 17.5. The summed E-state index contributed by atoms with van der Waals surface area (Å²) in [7, 11) is 0. The predicted molar refractivity (Wildman–Crippen MR) is 119 cm³/mol. The lowest BCUT2D eigenvalue weighted by Gasteiger charge is -2.11. The van der Waals surface area contributed by atoms with Gasteiger partial charge < -0.3 is 20.1 Å². The van der Waals surface area contributed by atoms with Gasteiger partial charge in [-0.1, -0.05) is 24.9 Å². The van der Waals surface area contributed by atoms with Crippen molar-refractivity contribution in [3.63, 3.8) is 0 Å². The molecule has 1 aromatic rings. The quantitative estimate of drug-likeness (QED) is 0.185. The number of aliphatic imine (C=N–C) groups is 1. The summed E-state index contributed by atoms with van der Waals surface area (Å²) in [6.07, 6.45) is 3.21. The van der Waals surface area contributed by atoms with E-state index in [2.05, 4.69) is 35.5 Å². The van der Waals surface area contributed by atoms with E-state index in [0.29, 0.717) is 26.4 Å². The molecule has 0 radical (unpaired) electrons. The maximum atomic E-state index is 5.94. The van der Waals surface area contributed by atoms with Crippen molar-refractivity contribution < 1.29 is 9.47 Å². The standard InChI is InChI=1S/C17H30ClN3O2S.HI/c1-3-5-11-22-13-14-23-12-10-21-17(19-4-2)20-9-8-15-6-7-16(18)24-15;/h6-7H,3-5,8-14H2,1-2H3,(H2,19,20,21);1H. The van der Waals surface area contributed by atoms with Gasteiger partial charge in [-0.25, -0.2) is 0 Å². The van der Waals surface area contributed by atoms with Gasteiger partial charge >= 0.3 is 0 Å². The third-order valence-corrected chi connectivity index (χ3v) is 4.45. The van der Waals surface area contributed by atoms with Crippen molar-refractivity contribution in [3.8, 4) is 0 Å². The highest BCUT2D eigenvalue weighted by molar-refractivity contribution is 14.0. The van der Waals surface area contributed by atoms with Crippen molar-refractivity contribution in [3.05, 3.63) is 21.3 Å². The van der Waals surface area contributed by atoms with Crippen LogP contribution in [0.3, 0.4) is 0 Å².